The molecular weight excluding hydrogens is 714 g/mol. The first-order valence-electron chi connectivity index (χ1n) is 12.6. The van der Waals surface area contributed by atoms with Crippen LogP contribution in [-0.2, 0) is 37.3 Å². The zero-order chi connectivity index (χ0) is 30.0. The summed E-state index contributed by atoms with van der Waals surface area (Å²) in [5, 5.41) is 17.6. The van der Waals surface area contributed by atoms with Gasteiger partial charge in [-0.3, -0.25) is 0 Å². The Morgan fingerprint density at radius 3 is 0.750 bits per heavy atom. The van der Waals surface area contributed by atoms with Crippen molar-refractivity contribution in [3.05, 3.63) is 0 Å². The van der Waals surface area contributed by atoms with Crippen molar-refractivity contribution < 1.29 is 109 Å². The predicted octanol–water partition coefficient (Wildman–Crippen LogP) is -3.47. The molecule has 0 aromatic carbocycles. The molecule has 0 atom stereocenters. The van der Waals surface area contributed by atoms with Crippen LogP contribution < -0.4 is 59.1 Å². The van der Waals surface area contributed by atoms with Gasteiger partial charge in [0, 0.05) is 97.1 Å². The van der Waals surface area contributed by atoms with Crippen LogP contribution in [0.3, 0.4) is 0 Å². The number of rotatable bonds is 12. The van der Waals surface area contributed by atoms with E-state index in [4.69, 9.17) is 10.2 Å². The fraction of sp³-hybridized carbons (Fsp3) is 0.929. The van der Waals surface area contributed by atoms with Gasteiger partial charge in [0.05, 0.1) is 0 Å². The molecule has 0 saturated heterocycles. The van der Waals surface area contributed by atoms with Crippen LogP contribution in [-0.4, -0.2) is 147 Å². The topological polar surface area (TPSA) is 87.6 Å². The zero-order valence-electron chi connectivity index (χ0n) is 32.2. The van der Waals surface area contributed by atoms with Crippen molar-refractivity contribution in [1.29, 1.82) is 0 Å². The third kappa shape index (κ3) is 52.7. The van der Waals surface area contributed by atoms with E-state index in [1.165, 1.54) is 0 Å². The Balaban J connectivity index is -0.0000000388. The molecule has 0 bridgehead atoms. The third-order valence-electron chi connectivity index (χ3n) is 4.43. The molecule has 0 spiro atoms. The van der Waals surface area contributed by atoms with Crippen molar-refractivity contribution >= 4 is 21.0 Å². The van der Waals surface area contributed by atoms with Crippen molar-refractivity contribution in [2.45, 2.75) is 55.4 Å². The van der Waals surface area contributed by atoms with Gasteiger partial charge in [0.25, 0.3) is 0 Å². The molecule has 8 nitrogen and oxygen atoms in total. The molecule has 0 fully saturated rings. The van der Waals surface area contributed by atoms with E-state index in [0.29, 0.717) is 0 Å². The first-order valence-corrected chi connectivity index (χ1v) is 12.6. The Bertz CT molecular complexity index is 532. The molecular formula is C28H66BHgN4Na2O4. The Hall–Kier alpha value is 2.10. The summed E-state index contributed by atoms with van der Waals surface area (Å²) >= 11 is 0. The summed E-state index contributed by atoms with van der Waals surface area (Å²) in [6, 6.07) is 0. The van der Waals surface area contributed by atoms with Crippen molar-refractivity contribution in [2.24, 2.45) is 21.7 Å². The Morgan fingerprint density at radius 1 is 0.525 bits per heavy atom. The van der Waals surface area contributed by atoms with Crippen molar-refractivity contribution in [3.63, 3.8) is 0 Å². The predicted molar refractivity (Wildman–Crippen MR) is 164 cm³/mol. The van der Waals surface area contributed by atoms with Crippen molar-refractivity contribution in [3.8, 4) is 0 Å². The zero-order valence-corrected chi connectivity index (χ0v) is 39.7. The molecule has 0 aliphatic carbocycles. The Kier molecular flexibility index (Phi) is 47.5. The first-order chi connectivity index (χ1) is 15.9. The van der Waals surface area contributed by atoms with E-state index in [0.717, 1.165) is 38.8 Å². The summed E-state index contributed by atoms with van der Waals surface area (Å²) in [6.45, 7) is 19.9. The number of aldehydes is 2. The summed E-state index contributed by atoms with van der Waals surface area (Å²) in [5.74, 6) is 0. The molecule has 3 radical (unpaired) electrons. The molecule has 229 valence electrons. The van der Waals surface area contributed by atoms with E-state index in [2.05, 4.69) is 9.80 Å². The fourth-order valence-electron chi connectivity index (χ4n) is 3.52. The SMILES string of the molecule is CN(C)CC(C)(C)C=O.CN(C)CC(C)(C)C=O.CN(C)CC(C)(C)CO.CN(C)CC(C)(C)CO.[B].[H-].[H-].[Hg].[Na+].[Na+]. The van der Waals surface area contributed by atoms with E-state index in [-0.39, 0.29) is 133 Å². The summed E-state index contributed by atoms with van der Waals surface area (Å²) in [6.07, 6.45) is 1.99. The smallest absolute Gasteiger partial charge is 1.00 e. The quantitative estimate of drug-likeness (QED) is 0.156. The molecule has 0 amide bonds. The number of hydrogen-bond acceptors (Lipinski definition) is 8. The van der Waals surface area contributed by atoms with Crippen LogP contribution in [0.25, 0.3) is 0 Å². The first kappa shape index (κ1) is 61.2. The number of aliphatic hydroxyl groups excluding tert-OH is 2. The average Bonchev–Trinajstić information content (AvgIpc) is 2.66. The van der Waals surface area contributed by atoms with Gasteiger partial charge in [0.15, 0.2) is 0 Å². The molecule has 0 unspecified atom stereocenters. The molecule has 0 aliphatic rings. The maximum absolute atomic E-state index is 10.3. The summed E-state index contributed by atoms with van der Waals surface area (Å²) in [7, 11) is 15.9. The van der Waals surface area contributed by atoms with Gasteiger partial charge in [-0.1, -0.05) is 55.4 Å². The van der Waals surface area contributed by atoms with E-state index < -0.39 is 0 Å². The van der Waals surface area contributed by atoms with Crippen LogP contribution in [0.15, 0.2) is 0 Å². The molecule has 12 heteroatoms. The number of aliphatic hydroxyl groups is 2. The van der Waals surface area contributed by atoms with Gasteiger partial charge in [-0.25, -0.2) is 0 Å². The molecule has 0 heterocycles. The second-order valence-corrected chi connectivity index (χ2v) is 13.8. The van der Waals surface area contributed by atoms with Gasteiger partial charge in [0.1, 0.15) is 12.6 Å². The van der Waals surface area contributed by atoms with Crippen molar-refractivity contribution in [2.75, 3.05) is 95.8 Å². The Morgan fingerprint density at radius 2 is 0.700 bits per heavy atom. The number of carbonyl (C=O) groups is 2. The molecule has 0 rings (SSSR count). The molecule has 0 aromatic rings. The third-order valence-corrected chi connectivity index (χ3v) is 4.43. The van der Waals surface area contributed by atoms with Crippen LogP contribution in [0, 0.1) is 21.7 Å². The van der Waals surface area contributed by atoms with Crippen LogP contribution in [0.1, 0.15) is 58.2 Å². The molecule has 0 saturated carbocycles. The minimum atomic E-state index is -0.191. The maximum atomic E-state index is 10.3. The summed E-state index contributed by atoms with van der Waals surface area (Å²) < 4.78 is 0. The van der Waals surface area contributed by atoms with E-state index in [9.17, 15) is 9.59 Å². The van der Waals surface area contributed by atoms with Crippen LogP contribution in [0.2, 0.25) is 0 Å². The Labute approximate surface area is 319 Å². The minimum Gasteiger partial charge on any atom is -1.00 e. The van der Waals surface area contributed by atoms with Gasteiger partial charge in [-0.2, -0.15) is 0 Å². The summed E-state index contributed by atoms with van der Waals surface area (Å²) in [4.78, 5) is 28.8. The van der Waals surface area contributed by atoms with E-state index >= 15 is 0 Å². The minimum absolute atomic E-state index is 0. The monoisotopic (exact) mass is 781 g/mol. The molecule has 2 N–H and O–H groups in total. The number of carbonyl (C=O) groups excluding carboxylic acids is 2. The van der Waals surface area contributed by atoms with Gasteiger partial charge >= 0.3 is 59.1 Å². The molecule has 40 heavy (non-hydrogen) atoms. The fourth-order valence-corrected chi connectivity index (χ4v) is 3.52. The molecule has 0 aromatic heterocycles. The van der Waals surface area contributed by atoms with E-state index in [1.54, 1.807) is 0 Å². The van der Waals surface area contributed by atoms with Gasteiger partial charge in [-0.05, 0) is 56.4 Å². The average molecular weight is 780 g/mol. The van der Waals surface area contributed by atoms with Crippen LogP contribution >= 0.6 is 0 Å². The number of nitrogens with zero attached hydrogens (tertiary/aromatic N) is 4. The standard InChI is InChI=1S/2C7H17NO.2C7H15NO.B.Hg.2Na.2H/c4*1-7(2,6-9)5-8(3)4;;;;;;/h2*9H,5-6H2,1-4H3;2*6H,5H2,1-4H3;;;;;;/q;;;;;;2*+1;2*-1. The second kappa shape index (κ2) is 31.1. The molecule has 0 aliphatic heterocycles. The van der Waals surface area contributed by atoms with E-state index in [1.807, 2.05) is 122 Å². The van der Waals surface area contributed by atoms with Gasteiger partial charge in [-0.15, -0.1) is 0 Å². The summed E-state index contributed by atoms with van der Waals surface area (Å²) in [5.41, 5.74) is -0.292. The maximum Gasteiger partial charge on any atom is 1.00 e. The van der Waals surface area contributed by atoms with Crippen LogP contribution in [0.5, 0.6) is 0 Å². The van der Waals surface area contributed by atoms with Gasteiger partial charge < -0.3 is 42.3 Å². The number of hydrogen-bond donors (Lipinski definition) is 2. The van der Waals surface area contributed by atoms with Crippen LogP contribution in [0.4, 0.5) is 0 Å². The van der Waals surface area contributed by atoms with Gasteiger partial charge in [0.2, 0.25) is 0 Å². The van der Waals surface area contributed by atoms with Crippen molar-refractivity contribution in [1.82, 2.24) is 19.6 Å². The largest absolute Gasteiger partial charge is 1.00 e. The second-order valence-electron chi connectivity index (χ2n) is 13.8. The normalized spacial score (nSPS) is 11.2.